The second-order valence-corrected chi connectivity index (χ2v) is 6.20. The number of aliphatic imine (C=N–C) groups is 1. The van der Waals surface area contributed by atoms with Gasteiger partial charge in [-0.15, -0.1) is 24.0 Å². The molecule has 0 aliphatic carbocycles. The van der Waals surface area contributed by atoms with Crippen LogP contribution in [-0.4, -0.2) is 29.6 Å². The van der Waals surface area contributed by atoms with E-state index >= 15 is 0 Å². The van der Waals surface area contributed by atoms with E-state index in [1.807, 2.05) is 67.4 Å². The van der Waals surface area contributed by atoms with Gasteiger partial charge < -0.3 is 19.7 Å². The highest BCUT2D eigenvalue weighted by Gasteiger charge is 2.10. The Kier molecular flexibility index (Phi) is 8.12. The van der Waals surface area contributed by atoms with Gasteiger partial charge in [0.2, 0.25) is 0 Å². The second kappa shape index (κ2) is 10.3. The quantitative estimate of drug-likeness (QED) is 0.317. The molecule has 144 valence electrons. The van der Waals surface area contributed by atoms with E-state index in [1.54, 1.807) is 0 Å². The normalized spacial score (nSPS) is 11.3. The Morgan fingerprint density at radius 2 is 1.81 bits per heavy atom. The van der Waals surface area contributed by atoms with Gasteiger partial charge in [0.15, 0.2) is 5.96 Å². The zero-order chi connectivity index (χ0) is 18.4. The number of halogens is 1. The second-order valence-electron chi connectivity index (χ2n) is 6.20. The average molecular weight is 479 g/mol. The highest BCUT2D eigenvalue weighted by Crippen LogP contribution is 2.19. The number of benzene rings is 2. The molecule has 5 nitrogen and oxygen atoms in total. The number of furan rings is 1. The summed E-state index contributed by atoms with van der Waals surface area (Å²) in [5.41, 5.74) is 2.84. The van der Waals surface area contributed by atoms with Crippen molar-refractivity contribution in [2.75, 3.05) is 13.6 Å². The summed E-state index contributed by atoms with van der Waals surface area (Å²) in [6.07, 6.45) is 0. The third-order valence-corrected chi connectivity index (χ3v) is 4.25. The minimum absolute atomic E-state index is 0. The summed E-state index contributed by atoms with van der Waals surface area (Å²) in [6, 6.07) is 17.9. The van der Waals surface area contributed by atoms with Gasteiger partial charge in [-0.05, 0) is 30.2 Å². The fourth-order valence-corrected chi connectivity index (χ4v) is 2.92. The van der Waals surface area contributed by atoms with Crippen LogP contribution in [0.15, 0.2) is 64.0 Å². The van der Waals surface area contributed by atoms with E-state index in [0.717, 1.165) is 40.4 Å². The van der Waals surface area contributed by atoms with Crippen LogP contribution >= 0.6 is 24.0 Å². The Hall–Kier alpha value is -2.06. The molecule has 0 amide bonds. The molecule has 0 aliphatic heterocycles. The van der Waals surface area contributed by atoms with Crippen LogP contribution in [0.5, 0.6) is 0 Å². The van der Waals surface area contributed by atoms with Gasteiger partial charge in [-0.1, -0.05) is 42.5 Å². The molecular formula is C21H26IN3O2. The smallest absolute Gasteiger partial charge is 0.194 e. The predicted molar refractivity (Wildman–Crippen MR) is 120 cm³/mol. The molecule has 6 heteroatoms. The summed E-state index contributed by atoms with van der Waals surface area (Å²) in [5, 5.41) is 13.9. The number of nitrogens with zero attached hydrogens (tertiary/aromatic N) is 2. The van der Waals surface area contributed by atoms with E-state index in [-0.39, 0.29) is 30.6 Å². The zero-order valence-corrected chi connectivity index (χ0v) is 18.0. The Morgan fingerprint density at radius 1 is 1.11 bits per heavy atom. The summed E-state index contributed by atoms with van der Waals surface area (Å²) in [4.78, 5) is 6.77. The van der Waals surface area contributed by atoms with Crippen LogP contribution in [0.25, 0.3) is 11.0 Å². The molecule has 0 aliphatic rings. The minimum Gasteiger partial charge on any atom is -0.459 e. The van der Waals surface area contributed by atoms with E-state index < -0.39 is 0 Å². The van der Waals surface area contributed by atoms with Gasteiger partial charge in [-0.3, -0.25) is 0 Å². The van der Waals surface area contributed by atoms with Gasteiger partial charge in [0.1, 0.15) is 11.3 Å². The topological polar surface area (TPSA) is 61.0 Å². The summed E-state index contributed by atoms with van der Waals surface area (Å²) in [6.45, 7) is 4.00. The van der Waals surface area contributed by atoms with Gasteiger partial charge in [-0.2, -0.15) is 0 Å². The van der Waals surface area contributed by atoms with Crippen LogP contribution in [0, 0.1) is 0 Å². The van der Waals surface area contributed by atoms with E-state index in [2.05, 4.69) is 11.4 Å². The van der Waals surface area contributed by atoms with Crippen molar-refractivity contribution in [3.05, 3.63) is 71.5 Å². The SMILES string of the molecule is CCNC(=NCc1ccccc1CO)N(C)Cc1cc2ccccc2o1.I. The highest BCUT2D eigenvalue weighted by atomic mass is 127. The van der Waals surface area contributed by atoms with Crippen LogP contribution in [0.4, 0.5) is 0 Å². The summed E-state index contributed by atoms with van der Waals surface area (Å²) in [5.74, 6) is 1.70. The number of nitrogens with one attached hydrogen (secondary N) is 1. The van der Waals surface area contributed by atoms with Crippen molar-refractivity contribution in [1.82, 2.24) is 10.2 Å². The standard InChI is InChI=1S/C21H25N3O2.HI/c1-3-22-21(23-13-17-9-4-5-10-18(17)15-25)24(2)14-19-12-16-8-6-7-11-20(16)26-19;/h4-12,25H,3,13-15H2,1-2H3,(H,22,23);1H. The van der Waals surface area contributed by atoms with Crippen LogP contribution in [0.1, 0.15) is 23.8 Å². The first-order chi connectivity index (χ1) is 12.7. The molecule has 27 heavy (non-hydrogen) atoms. The van der Waals surface area contributed by atoms with Crippen molar-refractivity contribution in [3.63, 3.8) is 0 Å². The van der Waals surface area contributed by atoms with Crippen molar-refractivity contribution in [2.24, 2.45) is 4.99 Å². The number of aliphatic hydroxyl groups is 1. The lowest BCUT2D eigenvalue weighted by Gasteiger charge is -2.21. The van der Waals surface area contributed by atoms with E-state index in [9.17, 15) is 5.11 Å². The number of para-hydroxylation sites is 1. The maximum absolute atomic E-state index is 9.47. The molecule has 0 saturated heterocycles. The minimum atomic E-state index is 0. The number of guanidine groups is 1. The van der Waals surface area contributed by atoms with Gasteiger partial charge in [-0.25, -0.2) is 4.99 Å². The van der Waals surface area contributed by atoms with E-state index in [1.165, 1.54) is 0 Å². The highest BCUT2D eigenvalue weighted by molar-refractivity contribution is 14.0. The Bertz CT molecular complexity index is 859. The summed E-state index contributed by atoms with van der Waals surface area (Å²) < 4.78 is 5.91. The fourth-order valence-electron chi connectivity index (χ4n) is 2.92. The molecule has 0 fully saturated rings. The van der Waals surface area contributed by atoms with Gasteiger partial charge in [0, 0.05) is 19.0 Å². The van der Waals surface area contributed by atoms with Crippen molar-refractivity contribution in [2.45, 2.75) is 26.6 Å². The molecule has 2 aromatic carbocycles. The van der Waals surface area contributed by atoms with E-state index in [0.29, 0.717) is 13.1 Å². The first-order valence-corrected chi connectivity index (χ1v) is 8.85. The van der Waals surface area contributed by atoms with Crippen LogP contribution in [0.2, 0.25) is 0 Å². The molecule has 2 N–H and O–H groups in total. The maximum atomic E-state index is 9.47. The monoisotopic (exact) mass is 479 g/mol. The van der Waals surface area contributed by atoms with Gasteiger partial charge in [0.05, 0.1) is 19.7 Å². The summed E-state index contributed by atoms with van der Waals surface area (Å²) in [7, 11) is 1.99. The fraction of sp³-hybridized carbons (Fsp3) is 0.286. The first kappa shape index (κ1) is 21.2. The summed E-state index contributed by atoms with van der Waals surface area (Å²) >= 11 is 0. The average Bonchev–Trinajstić information content (AvgIpc) is 3.07. The molecule has 3 rings (SSSR count). The third-order valence-electron chi connectivity index (χ3n) is 4.25. The van der Waals surface area contributed by atoms with E-state index in [4.69, 9.17) is 9.41 Å². The number of aliphatic hydroxyl groups excluding tert-OH is 1. The van der Waals surface area contributed by atoms with Crippen LogP contribution in [0.3, 0.4) is 0 Å². The number of fused-ring (bicyclic) bond motifs is 1. The third kappa shape index (κ3) is 5.46. The number of hydrogen-bond acceptors (Lipinski definition) is 3. The van der Waals surface area contributed by atoms with Crippen LogP contribution < -0.4 is 5.32 Å². The van der Waals surface area contributed by atoms with Crippen LogP contribution in [-0.2, 0) is 19.7 Å². The molecule has 1 aromatic heterocycles. The van der Waals surface area contributed by atoms with Crippen molar-refractivity contribution in [1.29, 1.82) is 0 Å². The molecule has 0 bridgehead atoms. The lowest BCUT2D eigenvalue weighted by molar-refractivity contribution is 0.280. The molecule has 3 aromatic rings. The number of hydrogen-bond donors (Lipinski definition) is 2. The molecule has 1 heterocycles. The Morgan fingerprint density at radius 3 is 2.52 bits per heavy atom. The molecular weight excluding hydrogens is 453 g/mol. The maximum Gasteiger partial charge on any atom is 0.194 e. The molecule has 0 spiro atoms. The lowest BCUT2D eigenvalue weighted by atomic mass is 10.1. The Balaban J connectivity index is 0.00000261. The molecule has 0 radical (unpaired) electrons. The van der Waals surface area contributed by atoms with Crippen molar-refractivity contribution in [3.8, 4) is 0 Å². The predicted octanol–water partition coefficient (Wildman–Crippen LogP) is 4.14. The first-order valence-electron chi connectivity index (χ1n) is 8.85. The van der Waals surface area contributed by atoms with Gasteiger partial charge >= 0.3 is 0 Å². The number of rotatable bonds is 6. The lowest BCUT2D eigenvalue weighted by Crippen LogP contribution is -2.38. The van der Waals surface area contributed by atoms with Gasteiger partial charge in [0.25, 0.3) is 0 Å². The molecule has 0 atom stereocenters. The van der Waals surface area contributed by atoms with Crippen molar-refractivity contribution >= 4 is 40.9 Å². The zero-order valence-electron chi connectivity index (χ0n) is 15.7. The van der Waals surface area contributed by atoms with Crippen molar-refractivity contribution < 1.29 is 9.52 Å². The Labute approximate surface area is 177 Å². The molecule has 0 saturated carbocycles. The largest absolute Gasteiger partial charge is 0.459 e. The molecule has 0 unspecified atom stereocenters.